The van der Waals surface area contributed by atoms with Crippen molar-refractivity contribution in [1.82, 2.24) is 4.90 Å². The largest absolute Gasteiger partial charge is 0.497 e. The molecule has 6 rings (SSSR count). The average molecular weight is 524 g/mol. The van der Waals surface area contributed by atoms with Crippen molar-refractivity contribution in [1.29, 1.82) is 0 Å². The van der Waals surface area contributed by atoms with Gasteiger partial charge in [0.25, 0.3) is 0 Å². The minimum Gasteiger partial charge on any atom is -0.497 e. The SMILES string of the molecule is COc1ccc(NC(=O)[C@@H]2[C@@H]3C(=O)N(c4ccc(OC(C)=O)cc4)C(=O)[C@H]3[C@@H]3c4ccccc4C=CN23)cc1. The Balaban J connectivity index is 1.38. The van der Waals surface area contributed by atoms with Crippen LogP contribution in [0.2, 0.25) is 0 Å². The normalized spacial score (nSPS) is 22.7. The molecule has 9 nitrogen and oxygen atoms in total. The lowest BCUT2D eigenvalue weighted by Crippen LogP contribution is -2.46. The monoisotopic (exact) mass is 523 g/mol. The number of amides is 3. The molecule has 2 fully saturated rings. The van der Waals surface area contributed by atoms with Gasteiger partial charge >= 0.3 is 5.97 Å². The Morgan fingerprint density at radius 2 is 1.51 bits per heavy atom. The lowest BCUT2D eigenvalue weighted by molar-refractivity contribution is -0.132. The molecule has 0 saturated carbocycles. The Labute approximate surface area is 224 Å². The number of nitrogens with zero attached hydrogens (tertiary/aromatic N) is 2. The summed E-state index contributed by atoms with van der Waals surface area (Å²) < 4.78 is 10.3. The van der Waals surface area contributed by atoms with Crippen molar-refractivity contribution in [3.8, 4) is 11.5 Å². The fourth-order valence-corrected chi connectivity index (χ4v) is 5.83. The van der Waals surface area contributed by atoms with Crippen LogP contribution in [0.3, 0.4) is 0 Å². The van der Waals surface area contributed by atoms with Crippen LogP contribution in [0.5, 0.6) is 11.5 Å². The van der Waals surface area contributed by atoms with Crippen LogP contribution >= 0.6 is 0 Å². The van der Waals surface area contributed by atoms with Crippen LogP contribution in [0.1, 0.15) is 24.1 Å². The van der Waals surface area contributed by atoms with Crippen molar-refractivity contribution in [3.63, 3.8) is 0 Å². The topological polar surface area (TPSA) is 105 Å². The van der Waals surface area contributed by atoms with Crippen LogP contribution in [0, 0.1) is 11.8 Å². The van der Waals surface area contributed by atoms with E-state index in [0.717, 1.165) is 16.0 Å². The van der Waals surface area contributed by atoms with Gasteiger partial charge in [-0.05, 0) is 65.7 Å². The Morgan fingerprint density at radius 1 is 0.846 bits per heavy atom. The first-order valence-corrected chi connectivity index (χ1v) is 12.5. The molecule has 0 unspecified atom stereocenters. The number of hydrogen-bond acceptors (Lipinski definition) is 7. The first kappa shape index (κ1) is 24.4. The minimum atomic E-state index is -0.909. The zero-order valence-electron chi connectivity index (χ0n) is 21.2. The molecule has 3 heterocycles. The fourth-order valence-electron chi connectivity index (χ4n) is 5.83. The maximum atomic E-state index is 13.9. The Bertz CT molecular complexity index is 1510. The van der Waals surface area contributed by atoms with Gasteiger partial charge in [0, 0.05) is 18.8 Å². The summed E-state index contributed by atoms with van der Waals surface area (Å²) in [4.78, 5) is 55.9. The number of benzene rings is 3. The molecule has 196 valence electrons. The molecule has 3 aliphatic heterocycles. The maximum absolute atomic E-state index is 13.9. The van der Waals surface area contributed by atoms with Gasteiger partial charge in [0.15, 0.2) is 0 Å². The van der Waals surface area contributed by atoms with Crippen LogP contribution in [-0.2, 0) is 19.2 Å². The fraction of sp³-hybridized carbons (Fsp3) is 0.200. The molecule has 9 heteroatoms. The summed E-state index contributed by atoms with van der Waals surface area (Å²) in [6.07, 6.45) is 3.71. The molecule has 3 amide bonds. The average Bonchev–Trinajstić information content (AvgIpc) is 3.42. The third-order valence-electron chi connectivity index (χ3n) is 7.44. The molecule has 3 aromatic rings. The van der Waals surface area contributed by atoms with Gasteiger partial charge in [-0.3, -0.25) is 19.2 Å². The van der Waals surface area contributed by atoms with Crippen molar-refractivity contribution in [2.75, 3.05) is 17.3 Å². The van der Waals surface area contributed by atoms with Crippen molar-refractivity contribution in [2.24, 2.45) is 11.8 Å². The number of ether oxygens (including phenoxy) is 2. The molecule has 39 heavy (non-hydrogen) atoms. The van der Waals surface area contributed by atoms with Crippen LogP contribution in [-0.4, -0.2) is 41.7 Å². The van der Waals surface area contributed by atoms with Crippen LogP contribution in [0.15, 0.2) is 79.0 Å². The van der Waals surface area contributed by atoms with Gasteiger partial charge < -0.3 is 19.7 Å². The molecule has 4 atom stereocenters. The summed E-state index contributed by atoms with van der Waals surface area (Å²) in [5, 5.41) is 2.92. The summed E-state index contributed by atoms with van der Waals surface area (Å²) in [5.41, 5.74) is 2.74. The summed E-state index contributed by atoms with van der Waals surface area (Å²) in [6, 6.07) is 19.4. The number of methoxy groups -OCH3 is 1. The van der Waals surface area contributed by atoms with Gasteiger partial charge in [-0.15, -0.1) is 0 Å². The Kier molecular flexibility index (Phi) is 5.91. The van der Waals surface area contributed by atoms with E-state index in [1.807, 2.05) is 41.4 Å². The second-order valence-corrected chi connectivity index (χ2v) is 9.65. The van der Waals surface area contributed by atoms with E-state index in [0.29, 0.717) is 22.9 Å². The predicted octanol–water partition coefficient (Wildman–Crippen LogP) is 3.77. The third-order valence-corrected chi connectivity index (χ3v) is 7.44. The number of esters is 1. The standard InChI is InChI=1S/C30H25N3O6/c1-17(34)39-22-13-9-20(10-14-22)33-29(36)24-25(30(33)37)27(28(35)31-19-7-11-21(38-2)12-8-19)32-16-15-18-5-3-4-6-23(18)26(24)32/h3-16,24-27H,1-2H3,(H,31,35)/t24-,25-,26+,27+/m1/s1. The highest BCUT2D eigenvalue weighted by Gasteiger charge is 2.64. The smallest absolute Gasteiger partial charge is 0.308 e. The van der Waals surface area contributed by atoms with Crippen molar-refractivity contribution < 1.29 is 28.7 Å². The van der Waals surface area contributed by atoms with E-state index >= 15 is 0 Å². The summed E-state index contributed by atoms with van der Waals surface area (Å²) >= 11 is 0. The highest BCUT2D eigenvalue weighted by Crippen LogP contribution is 2.53. The van der Waals surface area contributed by atoms with Crippen LogP contribution in [0.4, 0.5) is 11.4 Å². The highest BCUT2D eigenvalue weighted by atomic mass is 16.5. The lowest BCUT2D eigenvalue weighted by Gasteiger charge is -2.35. The van der Waals surface area contributed by atoms with E-state index < -0.39 is 35.8 Å². The van der Waals surface area contributed by atoms with Gasteiger partial charge in [-0.1, -0.05) is 24.3 Å². The second kappa shape index (κ2) is 9.43. The van der Waals surface area contributed by atoms with E-state index in [-0.39, 0.29) is 11.8 Å². The number of nitrogens with one attached hydrogen (secondary N) is 1. The molecule has 0 spiro atoms. The molecular weight excluding hydrogens is 498 g/mol. The van der Waals surface area contributed by atoms with Gasteiger partial charge in [-0.2, -0.15) is 0 Å². The quantitative estimate of drug-likeness (QED) is 0.308. The van der Waals surface area contributed by atoms with Gasteiger partial charge in [0.2, 0.25) is 17.7 Å². The van der Waals surface area contributed by atoms with Gasteiger partial charge in [0.1, 0.15) is 17.5 Å². The highest BCUT2D eigenvalue weighted by molar-refractivity contribution is 6.24. The third kappa shape index (κ3) is 4.03. The van der Waals surface area contributed by atoms with Crippen molar-refractivity contribution in [2.45, 2.75) is 19.0 Å². The molecule has 0 aliphatic carbocycles. The number of fused-ring (bicyclic) bond motifs is 5. The molecule has 0 bridgehead atoms. The molecule has 1 N–H and O–H groups in total. The summed E-state index contributed by atoms with van der Waals surface area (Å²) in [7, 11) is 1.56. The molecule has 3 aromatic carbocycles. The molecule has 0 aromatic heterocycles. The first-order chi connectivity index (χ1) is 18.9. The van der Waals surface area contributed by atoms with E-state index in [1.165, 1.54) is 19.1 Å². The number of imide groups is 1. The number of carbonyl (C=O) groups is 4. The second-order valence-electron chi connectivity index (χ2n) is 9.65. The Morgan fingerprint density at radius 3 is 2.21 bits per heavy atom. The van der Waals surface area contributed by atoms with Gasteiger partial charge in [-0.25, -0.2) is 4.90 Å². The predicted molar refractivity (Wildman–Crippen MR) is 143 cm³/mol. The van der Waals surface area contributed by atoms with E-state index in [2.05, 4.69) is 5.32 Å². The van der Waals surface area contributed by atoms with Crippen molar-refractivity contribution in [3.05, 3.63) is 90.1 Å². The van der Waals surface area contributed by atoms with E-state index in [9.17, 15) is 19.2 Å². The molecule has 2 saturated heterocycles. The van der Waals surface area contributed by atoms with Crippen LogP contribution in [0.25, 0.3) is 6.08 Å². The summed E-state index contributed by atoms with van der Waals surface area (Å²) in [6.45, 7) is 1.29. The van der Waals surface area contributed by atoms with E-state index in [4.69, 9.17) is 9.47 Å². The molecule has 3 aliphatic rings. The van der Waals surface area contributed by atoms with E-state index in [1.54, 1.807) is 43.5 Å². The molecule has 0 radical (unpaired) electrons. The van der Waals surface area contributed by atoms with Crippen molar-refractivity contribution >= 4 is 41.1 Å². The lowest BCUT2D eigenvalue weighted by atomic mass is 9.84. The number of anilines is 2. The number of rotatable bonds is 5. The number of hydrogen-bond donors (Lipinski definition) is 1. The zero-order chi connectivity index (χ0) is 27.3. The Hall–Kier alpha value is -4.92. The van der Waals surface area contributed by atoms with Crippen LogP contribution < -0.4 is 19.7 Å². The molecular formula is C30H25N3O6. The van der Waals surface area contributed by atoms with Gasteiger partial charge in [0.05, 0.1) is 30.7 Å². The first-order valence-electron chi connectivity index (χ1n) is 12.5. The number of carbonyl (C=O) groups excluding carboxylic acids is 4. The minimum absolute atomic E-state index is 0.305. The summed E-state index contributed by atoms with van der Waals surface area (Å²) in [5.74, 6) is -2.37. The maximum Gasteiger partial charge on any atom is 0.308 e. The zero-order valence-corrected chi connectivity index (χ0v) is 21.2.